The van der Waals surface area contributed by atoms with Crippen LogP contribution in [0.5, 0.6) is 0 Å². The molecule has 1 atom stereocenters. The average Bonchev–Trinajstić information content (AvgIpc) is 2.55. The van der Waals surface area contributed by atoms with Crippen molar-refractivity contribution in [1.82, 2.24) is 14.7 Å². The first kappa shape index (κ1) is 28.3. The van der Waals surface area contributed by atoms with Gasteiger partial charge >= 0.3 is 7.25 Å². The normalized spacial score (nSPS) is 12.8. The second kappa shape index (κ2) is 15.1. The molecule has 0 saturated carbocycles. The largest absolute Gasteiger partial charge is 0.673 e. The predicted molar refractivity (Wildman–Crippen MR) is 112 cm³/mol. The summed E-state index contributed by atoms with van der Waals surface area (Å²) in [6.45, 7) is 10.4. The number of hydrogen-bond donors (Lipinski definition) is 0. The number of rotatable bonds is 13. The molecule has 0 bridgehead atoms. The van der Waals surface area contributed by atoms with Crippen LogP contribution >= 0.6 is 9.24 Å². The summed E-state index contributed by atoms with van der Waals surface area (Å²) in [5.41, 5.74) is 0. The third-order valence-corrected chi connectivity index (χ3v) is 5.38. The summed E-state index contributed by atoms with van der Waals surface area (Å²) in [5, 5.41) is 0. The zero-order valence-electron chi connectivity index (χ0n) is 17.7. The number of unbranched alkanes of at least 4 members (excludes halogenated alkanes) is 3. The molecule has 0 amide bonds. The topological polar surface area (TPSA) is 9.72 Å². The molecule has 0 spiro atoms. The van der Waals surface area contributed by atoms with Gasteiger partial charge in [0.05, 0.1) is 6.16 Å². The van der Waals surface area contributed by atoms with Crippen molar-refractivity contribution in [2.24, 2.45) is 0 Å². The Balaban J connectivity index is 0. The first-order chi connectivity index (χ1) is 12.0. The molecule has 0 aliphatic carbocycles. The summed E-state index contributed by atoms with van der Waals surface area (Å²) in [7, 11) is 3.06. The van der Waals surface area contributed by atoms with Crippen molar-refractivity contribution in [2.75, 3.05) is 46.9 Å². The highest BCUT2D eigenvalue weighted by molar-refractivity contribution is 7.16. The van der Waals surface area contributed by atoms with Crippen LogP contribution in [-0.4, -0.2) is 74.7 Å². The molecule has 9 heteroatoms. The molecule has 0 saturated heterocycles. The van der Waals surface area contributed by atoms with Crippen LogP contribution in [0.15, 0.2) is 0 Å². The van der Waals surface area contributed by atoms with Gasteiger partial charge in [-0.3, -0.25) is 14.7 Å². The lowest BCUT2D eigenvalue weighted by atomic mass is 10.1. The van der Waals surface area contributed by atoms with Crippen LogP contribution in [-0.2, 0) is 0 Å². The van der Waals surface area contributed by atoms with Gasteiger partial charge in [0.1, 0.15) is 0 Å². The van der Waals surface area contributed by atoms with Gasteiger partial charge in [0.15, 0.2) is 5.79 Å². The Kier molecular flexibility index (Phi) is 16.4. The van der Waals surface area contributed by atoms with Crippen LogP contribution in [0.4, 0.5) is 17.3 Å². The van der Waals surface area contributed by atoms with Gasteiger partial charge in [-0.1, -0.05) is 40.0 Å². The van der Waals surface area contributed by atoms with Gasteiger partial charge in [-0.25, -0.2) is 0 Å². The SMILES string of the molecule is CCCCN(C)C(C[PH3+])(N(C)CCCC)N(C)CCCC.F[B-](F)(F)F. The van der Waals surface area contributed by atoms with Crippen molar-refractivity contribution < 1.29 is 17.3 Å². The molecular weight excluding hydrogens is 364 g/mol. The lowest BCUT2D eigenvalue weighted by Gasteiger charge is -2.51. The minimum Gasteiger partial charge on any atom is -0.418 e. The highest BCUT2D eigenvalue weighted by Gasteiger charge is 2.42. The van der Waals surface area contributed by atoms with Crippen molar-refractivity contribution in [3.8, 4) is 0 Å². The second-order valence-electron chi connectivity index (χ2n) is 6.84. The zero-order chi connectivity index (χ0) is 20.8. The maximum absolute atomic E-state index is 9.75. The number of hydrogen-bond acceptors (Lipinski definition) is 3. The first-order valence-electron chi connectivity index (χ1n) is 9.81. The van der Waals surface area contributed by atoms with Crippen molar-refractivity contribution in [3.63, 3.8) is 0 Å². The van der Waals surface area contributed by atoms with E-state index >= 15 is 0 Å². The maximum atomic E-state index is 9.75. The van der Waals surface area contributed by atoms with Gasteiger partial charge in [0, 0.05) is 19.6 Å². The summed E-state index contributed by atoms with van der Waals surface area (Å²) < 4.78 is 39.0. The molecule has 160 valence electrons. The second-order valence-corrected chi connectivity index (χ2v) is 7.34. The molecule has 0 fully saturated rings. The van der Waals surface area contributed by atoms with Gasteiger partial charge < -0.3 is 17.3 Å². The minimum absolute atomic E-state index is 0.0813. The molecule has 0 aliphatic heterocycles. The van der Waals surface area contributed by atoms with E-state index in [0.717, 1.165) is 0 Å². The van der Waals surface area contributed by atoms with E-state index in [1.165, 1.54) is 64.3 Å². The van der Waals surface area contributed by atoms with Crippen molar-refractivity contribution in [3.05, 3.63) is 0 Å². The fourth-order valence-corrected chi connectivity index (χ4v) is 4.32. The smallest absolute Gasteiger partial charge is 0.418 e. The molecule has 1 unspecified atom stereocenters. The van der Waals surface area contributed by atoms with Crippen LogP contribution in [0.2, 0.25) is 0 Å². The van der Waals surface area contributed by atoms with Crippen molar-refractivity contribution in [1.29, 1.82) is 0 Å². The molecule has 0 aromatic carbocycles. The Labute approximate surface area is 161 Å². The third-order valence-electron chi connectivity index (χ3n) is 4.71. The van der Waals surface area contributed by atoms with Crippen molar-refractivity contribution in [2.45, 2.75) is 65.1 Å². The van der Waals surface area contributed by atoms with E-state index in [4.69, 9.17) is 0 Å². The van der Waals surface area contributed by atoms with Crippen molar-refractivity contribution >= 4 is 16.5 Å². The number of nitrogens with zero attached hydrogens (tertiary/aromatic N) is 3. The van der Waals surface area contributed by atoms with Crippen LogP contribution < -0.4 is 0 Å². The summed E-state index contributed by atoms with van der Waals surface area (Å²) in [4.78, 5) is 7.78. The maximum Gasteiger partial charge on any atom is 0.673 e. The Hall–Kier alpha value is 0.0949. The van der Waals surface area contributed by atoms with E-state index < -0.39 is 7.25 Å². The average molecular weight is 405 g/mol. The Morgan fingerprint density at radius 1 is 0.692 bits per heavy atom. The van der Waals surface area contributed by atoms with Gasteiger partial charge in [-0.05, 0) is 49.6 Å². The van der Waals surface area contributed by atoms with E-state index in [1.807, 2.05) is 0 Å². The highest BCUT2D eigenvalue weighted by atomic mass is 31.0. The molecule has 0 heterocycles. The zero-order valence-corrected chi connectivity index (χ0v) is 19.1. The van der Waals surface area contributed by atoms with Crippen LogP contribution in [0.1, 0.15) is 59.3 Å². The molecule has 0 rings (SSSR count). The molecule has 0 N–H and O–H groups in total. The Bertz CT molecular complexity index is 294. The van der Waals surface area contributed by atoms with Crippen LogP contribution in [0, 0.1) is 0 Å². The monoisotopic (exact) mass is 405 g/mol. The quantitative estimate of drug-likeness (QED) is 0.190. The lowest BCUT2D eigenvalue weighted by molar-refractivity contribution is -0.124. The molecule has 0 aliphatic rings. The van der Waals surface area contributed by atoms with E-state index in [9.17, 15) is 17.3 Å². The fraction of sp³-hybridized carbons (Fsp3) is 1.00. The molecular formula is C17H41BF4N3P. The molecule has 0 radical (unpaired) electrons. The van der Waals surface area contributed by atoms with Gasteiger partial charge in [0.25, 0.3) is 0 Å². The van der Waals surface area contributed by atoms with E-state index in [2.05, 4.69) is 65.9 Å². The summed E-state index contributed by atoms with van der Waals surface area (Å²) in [6.07, 6.45) is 8.82. The summed E-state index contributed by atoms with van der Waals surface area (Å²) in [6, 6.07) is 0. The Morgan fingerprint density at radius 2 is 0.923 bits per heavy atom. The third kappa shape index (κ3) is 11.7. The van der Waals surface area contributed by atoms with E-state index in [1.54, 1.807) is 0 Å². The fourth-order valence-electron chi connectivity index (χ4n) is 3.17. The Morgan fingerprint density at radius 3 is 1.08 bits per heavy atom. The van der Waals surface area contributed by atoms with Gasteiger partial charge in [-0.2, -0.15) is 0 Å². The predicted octanol–water partition coefficient (Wildman–Crippen LogP) is 4.74. The standard InChI is InChI=1S/C17H40N3P.BF4/c1-7-10-13-18(4)17(16-21,19(5)14-11-8-2)20(6)15-12-9-3;2-1(3,4)5/h7-16,21H2,1-6H3;/q;-1/p+1. The minimum atomic E-state index is -6.00. The summed E-state index contributed by atoms with van der Waals surface area (Å²) in [5.74, 6) is 0.0813. The molecule has 0 aromatic rings. The highest BCUT2D eigenvalue weighted by Crippen LogP contribution is 2.26. The molecule has 3 nitrogen and oxygen atoms in total. The molecule has 0 aromatic heterocycles. The molecule has 26 heavy (non-hydrogen) atoms. The van der Waals surface area contributed by atoms with Gasteiger partial charge in [0.2, 0.25) is 0 Å². The lowest BCUT2D eigenvalue weighted by Crippen LogP contribution is -2.68. The number of halogens is 4. The van der Waals surface area contributed by atoms with Crippen LogP contribution in [0.25, 0.3) is 0 Å². The van der Waals surface area contributed by atoms with E-state index in [-0.39, 0.29) is 5.79 Å². The first-order valence-corrected chi connectivity index (χ1v) is 10.8. The van der Waals surface area contributed by atoms with Crippen LogP contribution in [0.3, 0.4) is 0 Å². The summed E-state index contributed by atoms with van der Waals surface area (Å²) >= 11 is 0. The van der Waals surface area contributed by atoms with Gasteiger partial charge in [-0.15, -0.1) is 0 Å². The van der Waals surface area contributed by atoms with E-state index in [0.29, 0.717) is 0 Å².